The largest absolute Gasteiger partial charge is 0.481 e. The van der Waals surface area contributed by atoms with Crippen molar-refractivity contribution in [2.24, 2.45) is 5.92 Å². The van der Waals surface area contributed by atoms with E-state index in [2.05, 4.69) is 5.32 Å². The van der Waals surface area contributed by atoms with Crippen molar-refractivity contribution in [2.45, 2.75) is 77.2 Å². The Morgan fingerprint density at radius 1 is 1.21 bits per heavy atom. The van der Waals surface area contributed by atoms with E-state index in [-0.39, 0.29) is 12.3 Å². The summed E-state index contributed by atoms with van der Waals surface area (Å²) in [6, 6.07) is 0. The van der Waals surface area contributed by atoms with Gasteiger partial charge in [0.05, 0.1) is 0 Å². The van der Waals surface area contributed by atoms with E-state index in [9.17, 15) is 9.59 Å². The number of amides is 1. The van der Waals surface area contributed by atoms with Crippen molar-refractivity contribution in [3.05, 3.63) is 0 Å². The van der Waals surface area contributed by atoms with Crippen molar-refractivity contribution < 1.29 is 14.7 Å². The van der Waals surface area contributed by atoms with Gasteiger partial charge in [-0.3, -0.25) is 9.59 Å². The predicted molar refractivity (Wildman–Crippen MR) is 74.9 cm³/mol. The average molecular weight is 269 g/mol. The molecule has 1 amide bonds. The lowest BCUT2D eigenvalue weighted by Crippen LogP contribution is -2.43. The Labute approximate surface area is 116 Å². The molecule has 0 bridgehead atoms. The van der Waals surface area contributed by atoms with Gasteiger partial charge in [-0.2, -0.15) is 0 Å². The van der Waals surface area contributed by atoms with Crippen LogP contribution in [-0.2, 0) is 9.59 Å². The molecule has 0 aliphatic heterocycles. The van der Waals surface area contributed by atoms with Crippen molar-refractivity contribution in [1.29, 1.82) is 0 Å². The van der Waals surface area contributed by atoms with E-state index < -0.39 is 11.5 Å². The van der Waals surface area contributed by atoms with Gasteiger partial charge in [-0.15, -0.1) is 0 Å². The van der Waals surface area contributed by atoms with Crippen molar-refractivity contribution in [1.82, 2.24) is 5.32 Å². The molecule has 0 radical (unpaired) electrons. The van der Waals surface area contributed by atoms with E-state index >= 15 is 0 Å². The summed E-state index contributed by atoms with van der Waals surface area (Å²) in [5, 5.41) is 11.6. The Balaban J connectivity index is 2.16. The molecule has 0 heterocycles. The predicted octanol–water partition coefficient (Wildman–Crippen LogP) is 3.11. The van der Waals surface area contributed by atoms with Gasteiger partial charge < -0.3 is 10.4 Å². The van der Waals surface area contributed by atoms with Crippen molar-refractivity contribution >= 4 is 11.9 Å². The van der Waals surface area contributed by atoms with Crippen LogP contribution in [0.4, 0.5) is 0 Å². The zero-order chi connectivity index (χ0) is 14.3. The number of rotatable bonds is 8. The molecule has 0 aromatic heterocycles. The molecule has 4 nitrogen and oxygen atoms in total. The minimum absolute atomic E-state index is 0.0494. The van der Waals surface area contributed by atoms with E-state index in [1.807, 2.05) is 13.8 Å². The monoisotopic (exact) mass is 269 g/mol. The summed E-state index contributed by atoms with van der Waals surface area (Å²) in [5.74, 6) is 0.0600. The van der Waals surface area contributed by atoms with Crippen LogP contribution in [0.15, 0.2) is 0 Å². The van der Waals surface area contributed by atoms with E-state index in [4.69, 9.17) is 5.11 Å². The molecule has 0 unspecified atom stereocenters. The summed E-state index contributed by atoms with van der Waals surface area (Å²) < 4.78 is 0. The third kappa shape index (κ3) is 7.19. The smallest absolute Gasteiger partial charge is 0.303 e. The highest BCUT2D eigenvalue weighted by atomic mass is 16.4. The number of hydrogen-bond donors (Lipinski definition) is 2. The van der Waals surface area contributed by atoms with E-state index in [1.54, 1.807) is 0 Å². The molecule has 0 atom stereocenters. The molecule has 1 aliphatic rings. The van der Waals surface area contributed by atoms with Crippen LogP contribution in [0.1, 0.15) is 71.6 Å². The highest BCUT2D eigenvalue weighted by Crippen LogP contribution is 2.28. The van der Waals surface area contributed by atoms with Crippen LogP contribution >= 0.6 is 0 Å². The number of hydrogen-bond acceptors (Lipinski definition) is 2. The van der Waals surface area contributed by atoms with Gasteiger partial charge in [0.2, 0.25) is 5.91 Å². The second-order valence-corrected chi connectivity index (χ2v) is 6.37. The maximum Gasteiger partial charge on any atom is 0.303 e. The quantitative estimate of drug-likeness (QED) is 0.711. The Morgan fingerprint density at radius 3 is 2.42 bits per heavy atom. The molecule has 0 saturated heterocycles. The topological polar surface area (TPSA) is 66.4 Å². The molecular weight excluding hydrogens is 242 g/mol. The van der Waals surface area contributed by atoms with Gasteiger partial charge in [-0.1, -0.05) is 25.7 Å². The fraction of sp³-hybridized carbons (Fsp3) is 0.867. The first-order chi connectivity index (χ1) is 8.89. The molecule has 1 rings (SSSR count). The number of carbonyl (C=O) groups is 2. The van der Waals surface area contributed by atoms with Gasteiger partial charge in [0, 0.05) is 18.4 Å². The minimum Gasteiger partial charge on any atom is -0.481 e. The van der Waals surface area contributed by atoms with Gasteiger partial charge >= 0.3 is 5.97 Å². The Kier molecular flexibility index (Phi) is 6.32. The minimum atomic E-state index is -0.816. The first kappa shape index (κ1) is 16.0. The second kappa shape index (κ2) is 7.51. The lowest BCUT2D eigenvalue weighted by atomic mass is 9.97. The molecule has 110 valence electrons. The summed E-state index contributed by atoms with van der Waals surface area (Å²) in [4.78, 5) is 22.4. The van der Waals surface area contributed by atoms with Crippen molar-refractivity contribution in [3.8, 4) is 0 Å². The second-order valence-electron chi connectivity index (χ2n) is 6.37. The molecule has 2 N–H and O–H groups in total. The fourth-order valence-corrected chi connectivity index (χ4v) is 2.77. The highest BCUT2D eigenvalue weighted by Gasteiger charge is 2.21. The normalized spacial score (nSPS) is 16.5. The van der Waals surface area contributed by atoms with Crippen LogP contribution in [0, 0.1) is 5.92 Å². The molecule has 0 aromatic carbocycles. The van der Waals surface area contributed by atoms with Crippen LogP contribution in [0.5, 0.6) is 0 Å². The van der Waals surface area contributed by atoms with Crippen molar-refractivity contribution in [2.75, 3.05) is 0 Å². The Hall–Kier alpha value is -1.06. The first-order valence-electron chi connectivity index (χ1n) is 7.42. The van der Waals surface area contributed by atoms with E-state index in [1.165, 1.54) is 25.7 Å². The van der Waals surface area contributed by atoms with Crippen molar-refractivity contribution in [3.63, 3.8) is 0 Å². The zero-order valence-corrected chi connectivity index (χ0v) is 12.2. The first-order valence-corrected chi connectivity index (χ1v) is 7.42. The molecular formula is C15H27NO3. The van der Waals surface area contributed by atoms with E-state index in [0.717, 1.165) is 18.8 Å². The SMILES string of the molecule is CC(C)(CCC(=O)O)NC(=O)CCCC1CCCC1. The summed E-state index contributed by atoms with van der Waals surface area (Å²) in [7, 11) is 0. The zero-order valence-electron chi connectivity index (χ0n) is 12.2. The van der Waals surface area contributed by atoms with Gasteiger partial charge in [0.25, 0.3) is 0 Å². The molecule has 0 spiro atoms. The maximum absolute atomic E-state index is 11.8. The van der Waals surface area contributed by atoms with E-state index in [0.29, 0.717) is 12.8 Å². The van der Waals surface area contributed by atoms with Crippen LogP contribution in [0.25, 0.3) is 0 Å². The summed E-state index contributed by atoms with van der Waals surface area (Å²) in [6.07, 6.45) is 8.57. The van der Waals surface area contributed by atoms with Gasteiger partial charge in [-0.25, -0.2) is 0 Å². The molecule has 19 heavy (non-hydrogen) atoms. The number of carbonyl (C=O) groups excluding carboxylic acids is 1. The average Bonchev–Trinajstić information content (AvgIpc) is 2.79. The van der Waals surface area contributed by atoms with Crippen LogP contribution in [-0.4, -0.2) is 22.5 Å². The number of carboxylic acid groups (broad SMARTS) is 1. The molecule has 1 fully saturated rings. The number of nitrogens with one attached hydrogen (secondary N) is 1. The molecule has 4 heteroatoms. The number of carboxylic acids is 1. The summed E-state index contributed by atoms with van der Waals surface area (Å²) >= 11 is 0. The van der Waals surface area contributed by atoms with Gasteiger partial charge in [0.1, 0.15) is 0 Å². The maximum atomic E-state index is 11.8. The van der Waals surface area contributed by atoms with Crippen LogP contribution in [0.2, 0.25) is 0 Å². The Morgan fingerprint density at radius 2 is 1.84 bits per heavy atom. The van der Waals surface area contributed by atoms with Crippen LogP contribution in [0.3, 0.4) is 0 Å². The lowest BCUT2D eigenvalue weighted by Gasteiger charge is -2.25. The highest BCUT2D eigenvalue weighted by molar-refractivity contribution is 5.76. The lowest BCUT2D eigenvalue weighted by molar-refractivity contribution is -0.137. The summed E-state index contributed by atoms with van der Waals surface area (Å²) in [5.41, 5.74) is -0.428. The summed E-state index contributed by atoms with van der Waals surface area (Å²) in [6.45, 7) is 3.76. The standard InChI is InChI=1S/C15H27NO3/c1-15(2,11-10-14(18)19)16-13(17)9-5-8-12-6-3-4-7-12/h12H,3-11H2,1-2H3,(H,16,17)(H,18,19). The van der Waals surface area contributed by atoms with Crippen LogP contribution < -0.4 is 5.32 Å². The third-order valence-corrected chi connectivity index (χ3v) is 3.93. The molecule has 0 aromatic rings. The third-order valence-electron chi connectivity index (χ3n) is 3.93. The molecule has 1 saturated carbocycles. The Bertz CT molecular complexity index is 307. The molecule has 1 aliphatic carbocycles. The fourth-order valence-electron chi connectivity index (χ4n) is 2.77. The van der Waals surface area contributed by atoms with Gasteiger partial charge in [0.15, 0.2) is 0 Å². The number of aliphatic carboxylic acids is 1. The van der Waals surface area contributed by atoms with Gasteiger partial charge in [-0.05, 0) is 39.0 Å².